The molecule has 0 spiro atoms. The molecule has 2 nitrogen and oxygen atoms in total. The first-order valence-corrected chi connectivity index (χ1v) is 6.20. The van der Waals surface area contributed by atoms with Gasteiger partial charge in [-0.05, 0) is 31.7 Å². The molecule has 2 heteroatoms. The number of hydrogen-bond donors (Lipinski definition) is 1. The molecule has 2 saturated heterocycles. The van der Waals surface area contributed by atoms with Crippen molar-refractivity contribution in [2.45, 2.75) is 37.3 Å². The molecule has 3 atom stereocenters. The molecule has 86 valence electrons. The Bertz CT molecular complexity index is 383. The fourth-order valence-corrected chi connectivity index (χ4v) is 3.67. The van der Waals surface area contributed by atoms with Gasteiger partial charge >= 0.3 is 0 Å². The number of rotatable bonds is 1. The first kappa shape index (κ1) is 10.3. The second-order valence-electron chi connectivity index (χ2n) is 5.31. The van der Waals surface area contributed by atoms with Crippen LogP contribution in [0.3, 0.4) is 0 Å². The third kappa shape index (κ3) is 1.14. The third-order valence-electron chi connectivity index (χ3n) is 4.69. The van der Waals surface area contributed by atoms with E-state index in [2.05, 4.69) is 29.2 Å². The van der Waals surface area contributed by atoms with Crippen molar-refractivity contribution in [1.82, 2.24) is 4.90 Å². The minimum absolute atomic E-state index is 0.0352. The van der Waals surface area contributed by atoms with Crippen LogP contribution in [0.2, 0.25) is 0 Å². The molecule has 0 saturated carbocycles. The van der Waals surface area contributed by atoms with Crippen molar-refractivity contribution in [1.29, 1.82) is 0 Å². The highest BCUT2D eigenvalue weighted by atomic mass is 16.3. The average Bonchev–Trinajstić information content (AvgIpc) is 2.48. The third-order valence-corrected chi connectivity index (χ3v) is 4.69. The lowest BCUT2D eigenvalue weighted by Gasteiger charge is -2.48. The van der Waals surface area contributed by atoms with E-state index in [9.17, 15) is 5.11 Å². The summed E-state index contributed by atoms with van der Waals surface area (Å²) in [6.45, 7) is 4.07. The minimum Gasteiger partial charge on any atom is -0.375 e. The Hall–Kier alpha value is -0.860. The van der Waals surface area contributed by atoms with Crippen molar-refractivity contribution in [3.63, 3.8) is 0 Å². The SMILES string of the molecule is CC1(O)N2CCCC1(c1ccccc1)CC2. The second-order valence-corrected chi connectivity index (χ2v) is 5.31. The quantitative estimate of drug-likeness (QED) is 0.779. The van der Waals surface area contributed by atoms with E-state index in [0.29, 0.717) is 0 Å². The van der Waals surface area contributed by atoms with E-state index in [1.54, 1.807) is 0 Å². The molecule has 2 aliphatic rings. The van der Waals surface area contributed by atoms with Gasteiger partial charge in [-0.1, -0.05) is 30.3 Å². The molecule has 1 aromatic rings. The summed E-state index contributed by atoms with van der Waals surface area (Å²) >= 11 is 0. The fraction of sp³-hybridized carbons (Fsp3) is 0.571. The largest absolute Gasteiger partial charge is 0.375 e. The molecule has 0 amide bonds. The first-order chi connectivity index (χ1) is 7.67. The lowest BCUT2D eigenvalue weighted by molar-refractivity contribution is -0.130. The zero-order valence-electron chi connectivity index (χ0n) is 9.82. The van der Waals surface area contributed by atoms with E-state index in [-0.39, 0.29) is 5.41 Å². The van der Waals surface area contributed by atoms with Crippen molar-refractivity contribution in [2.24, 2.45) is 0 Å². The maximum absolute atomic E-state index is 10.8. The molecule has 3 rings (SSSR count). The van der Waals surface area contributed by atoms with Crippen LogP contribution in [0, 0.1) is 0 Å². The molecular weight excluding hydrogens is 198 g/mol. The summed E-state index contributed by atoms with van der Waals surface area (Å²) in [5.41, 5.74) is 0.612. The smallest absolute Gasteiger partial charge is 0.125 e. The van der Waals surface area contributed by atoms with Crippen LogP contribution in [0.25, 0.3) is 0 Å². The number of fused-ring (bicyclic) bond motifs is 2. The number of benzene rings is 1. The van der Waals surface area contributed by atoms with Gasteiger partial charge < -0.3 is 5.11 Å². The van der Waals surface area contributed by atoms with Crippen LogP contribution in [-0.2, 0) is 5.41 Å². The van der Waals surface area contributed by atoms with Crippen LogP contribution in [0.5, 0.6) is 0 Å². The minimum atomic E-state index is -0.660. The van der Waals surface area contributed by atoms with Gasteiger partial charge in [0.2, 0.25) is 0 Å². The van der Waals surface area contributed by atoms with Crippen molar-refractivity contribution in [3.05, 3.63) is 35.9 Å². The van der Waals surface area contributed by atoms with Gasteiger partial charge in [-0.15, -0.1) is 0 Å². The predicted octanol–water partition coefficient (Wildman–Crippen LogP) is 2.13. The molecule has 2 fully saturated rings. The van der Waals surface area contributed by atoms with Gasteiger partial charge in [0.15, 0.2) is 0 Å². The molecule has 1 N–H and O–H groups in total. The van der Waals surface area contributed by atoms with Gasteiger partial charge in [-0.25, -0.2) is 0 Å². The summed E-state index contributed by atoms with van der Waals surface area (Å²) in [4.78, 5) is 2.24. The van der Waals surface area contributed by atoms with Crippen LogP contribution in [0.4, 0.5) is 0 Å². The van der Waals surface area contributed by atoms with E-state index in [0.717, 1.165) is 25.9 Å². The Morgan fingerprint density at radius 3 is 2.62 bits per heavy atom. The first-order valence-electron chi connectivity index (χ1n) is 6.20. The van der Waals surface area contributed by atoms with Crippen LogP contribution in [0.15, 0.2) is 30.3 Å². The number of piperidine rings is 1. The fourth-order valence-electron chi connectivity index (χ4n) is 3.67. The number of aliphatic hydroxyl groups is 1. The Morgan fingerprint density at radius 2 is 1.88 bits per heavy atom. The van der Waals surface area contributed by atoms with Crippen molar-refractivity contribution < 1.29 is 5.11 Å². The van der Waals surface area contributed by atoms with Gasteiger partial charge in [0.25, 0.3) is 0 Å². The highest BCUT2D eigenvalue weighted by Crippen LogP contribution is 2.51. The van der Waals surface area contributed by atoms with Crippen molar-refractivity contribution in [2.75, 3.05) is 13.1 Å². The Labute approximate surface area is 96.9 Å². The lowest BCUT2D eigenvalue weighted by Crippen LogP contribution is -2.57. The van der Waals surface area contributed by atoms with Crippen LogP contribution in [0.1, 0.15) is 31.7 Å². The van der Waals surface area contributed by atoms with E-state index < -0.39 is 5.72 Å². The normalized spacial score (nSPS) is 42.2. The zero-order chi connectivity index (χ0) is 11.2. The van der Waals surface area contributed by atoms with Gasteiger partial charge in [-0.3, -0.25) is 4.90 Å². The molecule has 2 aliphatic heterocycles. The Kier molecular flexibility index (Phi) is 2.13. The molecule has 3 unspecified atom stereocenters. The summed E-state index contributed by atoms with van der Waals surface area (Å²) in [5, 5.41) is 10.8. The van der Waals surface area contributed by atoms with E-state index in [1.807, 2.05) is 13.0 Å². The molecule has 0 aromatic heterocycles. The lowest BCUT2D eigenvalue weighted by atomic mass is 9.68. The van der Waals surface area contributed by atoms with E-state index in [4.69, 9.17) is 0 Å². The summed E-state index contributed by atoms with van der Waals surface area (Å²) in [7, 11) is 0. The van der Waals surface area contributed by atoms with Crippen molar-refractivity contribution in [3.8, 4) is 0 Å². The summed E-state index contributed by atoms with van der Waals surface area (Å²) in [6.07, 6.45) is 3.40. The van der Waals surface area contributed by atoms with Crippen LogP contribution in [-0.4, -0.2) is 28.8 Å². The molecule has 16 heavy (non-hydrogen) atoms. The van der Waals surface area contributed by atoms with Crippen LogP contribution < -0.4 is 0 Å². The molecule has 1 aromatic carbocycles. The maximum atomic E-state index is 10.8. The highest BCUT2D eigenvalue weighted by molar-refractivity contribution is 5.32. The average molecular weight is 217 g/mol. The van der Waals surface area contributed by atoms with Gasteiger partial charge in [0.1, 0.15) is 5.72 Å². The number of hydrogen-bond acceptors (Lipinski definition) is 2. The monoisotopic (exact) mass is 217 g/mol. The predicted molar refractivity (Wildman–Crippen MR) is 64.2 cm³/mol. The molecule has 2 heterocycles. The molecule has 0 radical (unpaired) electrons. The van der Waals surface area contributed by atoms with Gasteiger partial charge in [0.05, 0.1) is 0 Å². The molecule has 0 aliphatic carbocycles. The molecule has 2 bridgehead atoms. The standard InChI is InChI=1S/C14H19NO/c1-13(16)14(12-6-3-2-4-7-12)8-5-10-15(13)11-9-14/h2-4,6-7,16H,5,8-11H2,1H3. The van der Waals surface area contributed by atoms with Crippen LogP contribution >= 0.6 is 0 Å². The summed E-state index contributed by atoms with van der Waals surface area (Å²) in [6, 6.07) is 10.5. The Morgan fingerprint density at radius 1 is 1.12 bits per heavy atom. The van der Waals surface area contributed by atoms with E-state index >= 15 is 0 Å². The second kappa shape index (κ2) is 3.31. The zero-order valence-corrected chi connectivity index (χ0v) is 9.82. The Balaban J connectivity index is 2.10. The highest BCUT2D eigenvalue weighted by Gasteiger charge is 2.57. The van der Waals surface area contributed by atoms with Gasteiger partial charge in [0, 0.05) is 18.5 Å². The topological polar surface area (TPSA) is 23.5 Å². The summed E-state index contributed by atoms with van der Waals surface area (Å²) in [5.74, 6) is 0. The van der Waals surface area contributed by atoms with Gasteiger partial charge in [-0.2, -0.15) is 0 Å². The van der Waals surface area contributed by atoms with Crippen molar-refractivity contribution >= 4 is 0 Å². The number of nitrogens with zero attached hydrogens (tertiary/aromatic N) is 1. The van der Waals surface area contributed by atoms with E-state index in [1.165, 1.54) is 12.0 Å². The summed E-state index contributed by atoms with van der Waals surface area (Å²) < 4.78 is 0. The molecular formula is C14H19NO. The maximum Gasteiger partial charge on any atom is 0.125 e.